The molecule has 0 bridgehead atoms. The van der Waals surface area contributed by atoms with Crippen LogP contribution < -0.4 is 65.5 Å². The molecule has 1 saturated heterocycles. The molecule has 416 valence electrons. The van der Waals surface area contributed by atoms with E-state index in [4.69, 9.17) is 22.9 Å². The molecule has 18 N–H and O–H groups in total. The summed E-state index contributed by atoms with van der Waals surface area (Å²) in [6, 6.07) is 12.8. The summed E-state index contributed by atoms with van der Waals surface area (Å²) >= 11 is 0. The van der Waals surface area contributed by atoms with Crippen LogP contribution in [0.2, 0.25) is 0 Å². The number of para-hydroxylation sites is 1. The third-order valence-corrected chi connectivity index (χ3v) is 13.0. The maximum absolute atomic E-state index is 14.9. The minimum atomic E-state index is -1.44. The normalized spacial score (nSPS) is 19.9. The topological polar surface area (TPSA) is 406 Å². The Balaban J connectivity index is 1.36. The number of carbonyl (C=O) groups is 8. The molecule has 8 amide bonds. The van der Waals surface area contributed by atoms with E-state index in [2.05, 4.69) is 67.5 Å². The molecule has 1 unspecified atom stereocenters. The fourth-order valence-corrected chi connectivity index (χ4v) is 8.96. The number of hydrogen-bond donors (Lipinski definition) is 14. The van der Waals surface area contributed by atoms with Gasteiger partial charge >= 0.3 is 0 Å². The van der Waals surface area contributed by atoms with Crippen molar-refractivity contribution in [2.45, 2.75) is 114 Å². The van der Waals surface area contributed by atoms with Gasteiger partial charge in [-0.15, -0.1) is 0 Å². The summed E-state index contributed by atoms with van der Waals surface area (Å²) in [5.74, 6) is -5.73. The van der Waals surface area contributed by atoms with Gasteiger partial charge in [0.15, 0.2) is 11.9 Å². The molecule has 3 heterocycles. The van der Waals surface area contributed by atoms with Crippen LogP contribution in [0, 0.1) is 0 Å². The van der Waals surface area contributed by atoms with Gasteiger partial charge in [-0.25, -0.2) is 4.98 Å². The van der Waals surface area contributed by atoms with Crippen molar-refractivity contribution >= 4 is 80.9 Å². The molecule has 25 nitrogen and oxygen atoms in total. The summed E-state index contributed by atoms with van der Waals surface area (Å²) in [5.41, 5.74) is 24.8. The average Bonchev–Trinajstić information content (AvgIpc) is 4.12. The quantitative estimate of drug-likeness (QED) is 0.0300. The highest BCUT2D eigenvalue weighted by atomic mass is 16.2. The molecule has 0 aliphatic carbocycles. The van der Waals surface area contributed by atoms with Crippen molar-refractivity contribution in [1.29, 1.82) is 0 Å². The molecular weight excluding hydrogens is 1000 g/mol. The number of rotatable bonds is 17. The summed E-state index contributed by atoms with van der Waals surface area (Å²) in [7, 11) is 0. The lowest BCUT2D eigenvalue weighted by atomic mass is 9.99. The van der Waals surface area contributed by atoms with Crippen LogP contribution in [0.1, 0.15) is 75.1 Å². The first-order valence-corrected chi connectivity index (χ1v) is 26.0. The largest absolute Gasteiger partial charge is 0.370 e. The van der Waals surface area contributed by atoms with E-state index in [1.54, 1.807) is 6.20 Å². The van der Waals surface area contributed by atoms with Crippen LogP contribution in [-0.2, 0) is 57.6 Å². The summed E-state index contributed by atoms with van der Waals surface area (Å²) in [5, 5.41) is 24.9. The number of H-pyrrole nitrogens is 2. The molecule has 1 aliphatic heterocycles. The molecule has 0 saturated carbocycles. The van der Waals surface area contributed by atoms with Gasteiger partial charge in [-0.1, -0.05) is 60.7 Å². The number of aromatic amines is 2. The Labute approximate surface area is 450 Å². The van der Waals surface area contributed by atoms with Crippen molar-refractivity contribution < 1.29 is 38.4 Å². The Morgan fingerprint density at radius 1 is 0.692 bits per heavy atom. The first-order chi connectivity index (χ1) is 37.5. The van der Waals surface area contributed by atoms with E-state index in [-0.39, 0.29) is 95.9 Å². The van der Waals surface area contributed by atoms with E-state index >= 15 is 0 Å². The van der Waals surface area contributed by atoms with Gasteiger partial charge in [0.05, 0.1) is 6.33 Å². The minimum Gasteiger partial charge on any atom is -0.370 e. The number of aliphatic imine (C=N–C) groups is 2. The number of fused-ring (bicyclic) bond motifs is 2. The Morgan fingerprint density at radius 3 is 2.03 bits per heavy atom. The van der Waals surface area contributed by atoms with Gasteiger partial charge in [0.1, 0.15) is 36.3 Å². The van der Waals surface area contributed by atoms with Crippen LogP contribution in [0.4, 0.5) is 0 Å². The van der Waals surface area contributed by atoms with Crippen molar-refractivity contribution in [3.05, 3.63) is 102 Å². The highest BCUT2D eigenvalue weighted by Crippen LogP contribution is 2.21. The number of aromatic nitrogens is 3. The predicted octanol–water partition coefficient (Wildman–Crippen LogP) is -1.09. The predicted molar refractivity (Wildman–Crippen MR) is 294 cm³/mol. The van der Waals surface area contributed by atoms with Crippen LogP contribution in [0.5, 0.6) is 0 Å². The molecule has 25 heteroatoms. The number of nitrogens with one attached hydrogen (secondary N) is 10. The highest BCUT2D eigenvalue weighted by Gasteiger charge is 2.34. The molecule has 78 heavy (non-hydrogen) atoms. The second-order valence-corrected chi connectivity index (χ2v) is 19.1. The number of nitrogens with zero attached hydrogens (tertiary/aromatic N) is 3. The summed E-state index contributed by atoms with van der Waals surface area (Å²) in [6.07, 6.45) is 5.33. The Hall–Kier alpha value is -9.03. The molecule has 1 fully saturated rings. The Morgan fingerprint density at radius 2 is 1.32 bits per heavy atom. The van der Waals surface area contributed by atoms with E-state index in [9.17, 15) is 38.4 Å². The first kappa shape index (κ1) is 58.2. The zero-order valence-electron chi connectivity index (χ0n) is 43.6. The molecular formula is C53H71N17O8. The highest BCUT2D eigenvalue weighted by molar-refractivity contribution is 5.98. The number of hydrogen-bond acceptors (Lipinski definition) is 11. The number of carbonyl (C=O) groups excluding carboxylic acids is 8. The fourth-order valence-electron chi connectivity index (χ4n) is 8.96. The standard InChI is InChI=1S/C53H71N17O8/c1-31(71)65-39(14-8-22-61-52(54)55)47(74)67-41-18-19-45(72)59-20-6-7-21-60-46(73)43(26-35-28-63-38-13-5-4-12-37(35)38)69-48(75)40(15-9-23-62-53(56)57)66-50(77)42(25-32-16-17-33-10-2-3-11-34(33)24-32)68-51(78)44(70-49(41)76)27-36-29-58-30-64-36/h2-5,10-13,16-17,24,28-30,39-44,63H,6-9,14-15,18-23,25-27H2,1H3,(H,58,64)(H,59,72)(H,60,73)(H,65,71)(H,66,77)(H,67,74)(H,68,78)(H,69,75)(H,70,76)(H4,54,55,61)(H4,56,57,62)/t39-,40-,41-,42+,43-,44?/m0/s1. The molecule has 1 aliphatic rings. The molecule has 3 aromatic carbocycles. The SMILES string of the molecule is CC(=O)N[C@@H](CCCN=C(N)N)C(=O)N[C@H]1CCC(=O)NCCCCNC(=O)[C@H](Cc2c[nH]c3ccccc23)NC(=O)[C@H](CCCN=C(N)N)NC(=O)[C@@H](Cc2ccc3ccccc3c2)NC(=O)C(Cc2cnc[nH]2)NC1=O. The summed E-state index contributed by atoms with van der Waals surface area (Å²) in [6.45, 7) is 1.85. The van der Waals surface area contributed by atoms with Gasteiger partial charge < -0.3 is 75.4 Å². The van der Waals surface area contributed by atoms with Crippen LogP contribution in [0.25, 0.3) is 21.7 Å². The minimum absolute atomic E-state index is 0.00279. The van der Waals surface area contributed by atoms with Crippen LogP contribution in [-0.4, -0.2) is 137 Å². The van der Waals surface area contributed by atoms with Crippen molar-refractivity contribution in [2.24, 2.45) is 32.9 Å². The van der Waals surface area contributed by atoms with E-state index in [1.807, 2.05) is 66.7 Å². The maximum Gasteiger partial charge on any atom is 0.243 e. The van der Waals surface area contributed by atoms with E-state index in [0.717, 1.165) is 27.2 Å². The molecule has 0 radical (unpaired) electrons. The Bertz CT molecular complexity index is 2930. The van der Waals surface area contributed by atoms with Crippen LogP contribution >= 0.6 is 0 Å². The first-order valence-electron chi connectivity index (χ1n) is 26.0. The average molecular weight is 1070 g/mol. The van der Waals surface area contributed by atoms with Gasteiger partial charge in [0.2, 0.25) is 47.3 Å². The molecule has 6 atom stereocenters. The second-order valence-electron chi connectivity index (χ2n) is 19.1. The monoisotopic (exact) mass is 1070 g/mol. The van der Waals surface area contributed by atoms with Crippen LogP contribution in [0.15, 0.2) is 95.4 Å². The van der Waals surface area contributed by atoms with Crippen molar-refractivity contribution in [3.63, 3.8) is 0 Å². The van der Waals surface area contributed by atoms with E-state index in [0.29, 0.717) is 24.1 Å². The zero-order chi connectivity index (χ0) is 56.0. The van der Waals surface area contributed by atoms with Gasteiger partial charge in [0, 0.05) is 87.8 Å². The van der Waals surface area contributed by atoms with Gasteiger partial charge in [-0.3, -0.25) is 48.3 Å². The molecule has 0 spiro atoms. The number of nitrogens with two attached hydrogens (primary N) is 4. The number of guanidine groups is 2. The Kier molecular flexibility index (Phi) is 21.9. The number of amides is 8. The van der Waals surface area contributed by atoms with E-state index < -0.39 is 83.5 Å². The summed E-state index contributed by atoms with van der Waals surface area (Å²) in [4.78, 5) is 131. The molecule has 6 rings (SSSR count). The summed E-state index contributed by atoms with van der Waals surface area (Å²) < 4.78 is 0. The molecule has 5 aromatic rings. The smallest absolute Gasteiger partial charge is 0.243 e. The maximum atomic E-state index is 14.9. The lowest BCUT2D eigenvalue weighted by Crippen LogP contribution is -2.60. The van der Waals surface area contributed by atoms with Crippen molar-refractivity contribution in [2.75, 3.05) is 26.2 Å². The fraction of sp³-hybridized carbons (Fsp3) is 0.415. The zero-order valence-corrected chi connectivity index (χ0v) is 43.6. The lowest BCUT2D eigenvalue weighted by Gasteiger charge is -2.28. The lowest BCUT2D eigenvalue weighted by molar-refractivity contribution is -0.135. The van der Waals surface area contributed by atoms with Crippen molar-refractivity contribution in [3.8, 4) is 0 Å². The van der Waals surface area contributed by atoms with Gasteiger partial charge in [-0.2, -0.15) is 0 Å². The number of benzene rings is 3. The third kappa shape index (κ3) is 18.4. The van der Waals surface area contributed by atoms with Gasteiger partial charge in [0.25, 0.3) is 0 Å². The van der Waals surface area contributed by atoms with Crippen molar-refractivity contribution in [1.82, 2.24) is 57.5 Å². The third-order valence-electron chi connectivity index (χ3n) is 13.0. The number of imidazole rings is 1. The van der Waals surface area contributed by atoms with E-state index in [1.165, 1.54) is 19.4 Å². The van der Waals surface area contributed by atoms with Crippen LogP contribution in [0.3, 0.4) is 0 Å². The van der Waals surface area contributed by atoms with Gasteiger partial charge in [-0.05, 0) is 72.9 Å². The second kappa shape index (κ2) is 29.3. The molecule has 2 aromatic heterocycles.